The van der Waals surface area contributed by atoms with E-state index in [2.05, 4.69) is 54.8 Å². The monoisotopic (exact) mass is 306 g/mol. The summed E-state index contributed by atoms with van der Waals surface area (Å²) in [7, 11) is 1.97. The van der Waals surface area contributed by atoms with Gasteiger partial charge in [0.2, 0.25) is 5.91 Å². The van der Waals surface area contributed by atoms with Crippen LogP contribution in [0.4, 0.5) is 11.4 Å². The van der Waals surface area contributed by atoms with Crippen LogP contribution in [-0.4, -0.2) is 13.0 Å². The van der Waals surface area contributed by atoms with Gasteiger partial charge in [-0.1, -0.05) is 37.3 Å². The van der Waals surface area contributed by atoms with E-state index in [9.17, 15) is 4.79 Å². The fourth-order valence-corrected chi connectivity index (χ4v) is 4.66. The molecule has 2 N–H and O–H groups in total. The van der Waals surface area contributed by atoms with Crippen LogP contribution in [-0.2, 0) is 4.79 Å². The molecule has 0 fully saturated rings. The van der Waals surface area contributed by atoms with E-state index < -0.39 is 5.41 Å². The average molecular weight is 306 g/mol. The Morgan fingerprint density at radius 3 is 2.65 bits per heavy atom. The van der Waals surface area contributed by atoms with Crippen molar-refractivity contribution in [3.8, 4) is 0 Å². The molecule has 23 heavy (non-hydrogen) atoms. The molecule has 1 aliphatic carbocycles. The summed E-state index contributed by atoms with van der Waals surface area (Å²) in [5, 5.41) is 6.45. The Balaban J connectivity index is 2.02. The first-order chi connectivity index (χ1) is 11.1. The van der Waals surface area contributed by atoms with Crippen molar-refractivity contribution < 1.29 is 4.79 Å². The summed E-state index contributed by atoms with van der Waals surface area (Å²) in [4.78, 5) is 12.9. The minimum atomic E-state index is -0.396. The number of hydrogen-bond acceptors (Lipinski definition) is 2. The van der Waals surface area contributed by atoms with Gasteiger partial charge in [-0.25, -0.2) is 0 Å². The van der Waals surface area contributed by atoms with Crippen LogP contribution in [0.2, 0.25) is 0 Å². The van der Waals surface area contributed by atoms with Gasteiger partial charge in [0.15, 0.2) is 0 Å². The molecule has 0 aromatic heterocycles. The lowest BCUT2D eigenvalue weighted by atomic mass is 9.57. The number of rotatable bonds is 1. The first kappa shape index (κ1) is 14.3. The van der Waals surface area contributed by atoms with Gasteiger partial charge in [-0.05, 0) is 48.1 Å². The van der Waals surface area contributed by atoms with Gasteiger partial charge >= 0.3 is 0 Å². The van der Waals surface area contributed by atoms with E-state index >= 15 is 0 Å². The summed E-state index contributed by atoms with van der Waals surface area (Å²) in [5.74, 6) is 0.617. The van der Waals surface area contributed by atoms with Crippen molar-refractivity contribution >= 4 is 17.3 Å². The number of carbonyl (C=O) groups is 1. The molecule has 3 heteroatoms. The molecule has 4 rings (SSSR count). The van der Waals surface area contributed by atoms with Gasteiger partial charge in [0.25, 0.3) is 0 Å². The highest BCUT2D eigenvalue weighted by Crippen LogP contribution is 2.57. The van der Waals surface area contributed by atoms with Gasteiger partial charge in [-0.15, -0.1) is 0 Å². The lowest BCUT2D eigenvalue weighted by Gasteiger charge is -2.48. The summed E-state index contributed by atoms with van der Waals surface area (Å²) >= 11 is 0. The smallest absolute Gasteiger partial charge is 0.231 e. The molecule has 3 nitrogen and oxygen atoms in total. The first-order valence-corrected chi connectivity index (χ1v) is 8.27. The highest BCUT2D eigenvalue weighted by molar-refractivity contribution is 6.00. The van der Waals surface area contributed by atoms with Gasteiger partial charge in [-0.2, -0.15) is 0 Å². The lowest BCUT2D eigenvalue weighted by Crippen LogP contribution is -2.46. The van der Waals surface area contributed by atoms with Gasteiger partial charge in [-0.3, -0.25) is 4.79 Å². The van der Waals surface area contributed by atoms with Crippen LogP contribution in [0.5, 0.6) is 0 Å². The predicted octanol–water partition coefficient (Wildman–Crippen LogP) is 4.33. The Labute approximate surface area is 137 Å². The van der Waals surface area contributed by atoms with E-state index in [1.807, 2.05) is 19.2 Å². The van der Waals surface area contributed by atoms with Crippen molar-refractivity contribution in [2.75, 3.05) is 17.7 Å². The zero-order chi connectivity index (χ0) is 16.2. The number of benzene rings is 2. The highest BCUT2D eigenvalue weighted by atomic mass is 16.2. The molecule has 1 heterocycles. The van der Waals surface area contributed by atoms with Crippen LogP contribution < -0.4 is 10.6 Å². The van der Waals surface area contributed by atoms with Crippen LogP contribution in [0.3, 0.4) is 0 Å². The highest BCUT2D eigenvalue weighted by Gasteiger charge is 2.51. The van der Waals surface area contributed by atoms with Gasteiger partial charge in [0.1, 0.15) is 0 Å². The lowest BCUT2D eigenvalue weighted by molar-refractivity contribution is -0.127. The second-order valence-electron chi connectivity index (χ2n) is 7.06. The van der Waals surface area contributed by atoms with E-state index in [0.717, 1.165) is 12.1 Å². The van der Waals surface area contributed by atoms with Crippen LogP contribution in [0.25, 0.3) is 0 Å². The van der Waals surface area contributed by atoms with E-state index in [1.165, 1.54) is 22.4 Å². The number of hydrogen-bond donors (Lipinski definition) is 2. The summed E-state index contributed by atoms with van der Waals surface area (Å²) in [6.45, 7) is 4.35. The molecule has 3 atom stereocenters. The molecule has 1 amide bonds. The SMILES string of the molecule is CNc1cccc2c1[C@H](C)C[C@@]1(C)C(=O)Nc3ccccc3[C@@H]21. The Morgan fingerprint density at radius 1 is 1.13 bits per heavy atom. The largest absolute Gasteiger partial charge is 0.388 e. The average Bonchev–Trinajstić information content (AvgIpc) is 2.55. The normalized spacial score (nSPS) is 28.2. The van der Waals surface area contributed by atoms with Crippen LogP contribution in [0.1, 0.15) is 48.8 Å². The Hall–Kier alpha value is -2.29. The Bertz CT molecular complexity index is 798. The first-order valence-electron chi connectivity index (χ1n) is 8.27. The summed E-state index contributed by atoms with van der Waals surface area (Å²) in [5.41, 5.74) is 5.63. The number of carbonyl (C=O) groups excluding carboxylic acids is 1. The van der Waals surface area contributed by atoms with Crippen molar-refractivity contribution in [1.29, 1.82) is 0 Å². The van der Waals surface area contributed by atoms with E-state index in [0.29, 0.717) is 5.92 Å². The Morgan fingerprint density at radius 2 is 1.87 bits per heavy atom. The molecule has 118 valence electrons. The van der Waals surface area contributed by atoms with Crippen molar-refractivity contribution in [1.82, 2.24) is 0 Å². The van der Waals surface area contributed by atoms with Gasteiger partial charge in [0.05, 0.1) is 5.41 Å². The molecule has 0 unspecified atom stereocenters. The van der Waals surface area contributed by atoms with E-state index in [1.54, 1.807) is 0 Å². The minimum absolute atomic E-state index is 0.118. The quantitative estimate of drug-likeness (QED) is 0.823. The zero-order valence-corrected chi connectivity index (χ0v) is 13.8. The minimum Gasteiger partial charge on any atom is -0.388 e. The van der Waals surface area contributed by atoms with Crippen LogP contribution in [0.15, 0.2) is 42.5 Å². The van der Waals surface area contributed by atoms with E-state index in [4.69, 9.17) is 0 Å². The number of anilines is 2. The van der Waals surface area contributed by atoms with E-state index in [-0.39, 0.29) is 11.8 Å². The number of amides is 1. The molecule has 1 aliphatic heterocycles. The molecular weight excluding hydrogens is 284 g/mol. The predicted molar refractivity (Wildman–Crippen MR) is 94.0 cm³/mol. The Kier molecular flexibility index (Phi) is 3.02. The molecule has 0 saturated carbocycles. The second-order valence-corrected chi connectivity index (χ2v) is 7.06. The molecule has 2 aromatic rings. The second kappa shape index (κ2) is 4.85. The maximum Gasteiger partial charge on any atom is 0.231 e. The summed E-state index contributed by atoms with van der Waals surface area (Å²) in [6, 6.07) is 14.6. The van der Waals surface area contributed by atoms with Crippen molar-refractivity contribution in [2.24, 2.45) is 5.41 Å². The maximum atomic E-state index is 12.9. The molecule has 2 aromatic carbocycles. The standard InChI is InChI=1S/C20H22N2O/c1-12-11-20(2)18(14-8-6-10-16(21-3)17(12)14)13-7-4-5-9-15(13)22-19(20)23/h4-10,12,18,21H,11H2,1-3H3,(H,22,23)/t12-,18+,20-/m1/s1. The van der Waals surface area contributed by atoms with Crippen LogP contribution in [0, 0.1) is 5.41 Å². The maximum absolute atomic E-state index is 12.9. The fraction of sp³-hybridized carbons (Fsp3) is 0.350. The third-order valence-corrected chi connectivity index (χ3v) is 5.62. The number of nitrogens with one attached hydrogen (secondary N) is 2. The molecule has 0 spiro atoms. The number of para-hydroxylation sites is 1. The van der Waals surface area contributed by atoms with Crippen molar-refractivity contribution in [3.05, 3.63) is 59.2 Å². The number of fused-ring (bicyclic) bond motifs is 5. The summed E-state index contributed by atoms with van der Waals surface area (Å²) in [6.07, 6.45) is 0.865. The molecule has 0 bridgehead atoms. The zero-order valence-electron chi connectivity index (χ0n) is 13.8. The van der Waals surface area contributed by atoms with Crippen molar-refractivity contribution in [2.45, 2.75) is 32.1 Å². The van der Waals surface area contributed by atoms with Gasteiger partial charge in [0, 0.05) is 24.3 Å². The molecular formula is C20H22N2O. The van der Waals surface area contributed by atoms with Crippen LogP contribution >= 0.6 is 0 Å². The third kappa shape index (κ3) is 1.86. The molecule has 0 saturated heterocycles. The topological polar surface area (TPSA) is 41.1 Å². The summed E-state index contributed by atoms with van der Waals surface area (Å²) < 4.78 is 0. The molecule has 2 aliphatic rings. The van der Waals surface area contributed by atoms with Crippen molar-refractivity contribution in [3.63, 3.8) is 0 Å². The molecule has 0 radical (unpaired) electrons. The third-order valence-electron chi connectivity index (χ3n) is 5.62. The fourth-order valence-electron chi connectivity index (χ4n) is 4.66. The van der Waals surface area contributed by atoms with Gasteiger partial charge < -0.3 is 10.6 Å².